The molecule has 0 spiro atoms. The van der Waals surface area contributed by atoms with E-state index < -0.39 is 17.3 Å². The van der Waals surface area contributed by atoms with E-state index in [9.17, 15) is 14.3 Å². The largest absolute Gasteiger partial charge is 0.382 e. The van der Waals surface area contributed by atoms with Crippen LogP contribution in [0.2, 0.25) is 0 Å². The molecule has 1 heterocycles. The molecule has 3 rings (SSSR count). The number of fused-ring (bicyclic) bond motifs is 1. The number of carbonyl (C=O) groups is 1. The summed E-state index contributed by atoms with van der Waals surface area (Å²) < 4.78 is 13.4. The van der Waals surface area contributed by atoms with Crippen LogP contribution in [0.5, 0.6) is 0 Å². The van der Waals surface area contributed by atoms with Crippen LogP contribution in [0.1, 0.15) is 16.4 Å². The molecule has 0 aliphatic carbocycles. The van der Waals surface area contributed by atoms with Crippen molar-refractivity contribution >= 4 is 23.4 Å². The number of hydrogen-bond donors (Lipinski definition) is 2. The van der Waals surface area contributed by atoms with Crippen molar-refractivity contribution in [3.8, 4) is 0 Å². The molecule has 0 bridgehead atoms. The molecule has 1 amide bonds. The number of thioether (sulfide) groups is 1. The molecular formula is C16H14FNO2S. The van der Waals surface area contributed by atoms with Gasteiger partial charge in [0.1, 0.15) is 11.9 Å². The summed E-state index contributed by atoms with van der Waals surface area (Å²) in [6.45, 7) is 1.97. The van der Waals surface area contributed by atoms with Crippen molar-refractivity contribution in [2.24, 2.45) is 0 Å². The van der Waals surface area contributed by atoms with E-state index in [4.69, 9.17) is 0 Å². The van der Waals surface area contributed by atoms with Gasteiger partial charge in [0.15, 0.2) is 0 Å². The molecule has 1 aliphatic rings. The first-order chi connectivity index (χ1) is 10.0. The second-order valence-corrected chi connectivity index (χ2v) is 6.21. The lowest BCUT2D eigenvalue weighted by Gasteiger charge is -2.19. The fourth-order valence-electron chi connectivity index (χ4n) is 2.25. The van der Waals surface area contributed by atoms with Gasteiger partial charge in [-0.1, -0.05) is 29.8 Å². The molecule has 0 fully saturated rings. The van der Waals surface area contributed by atoms with Crippen molar-refractivity contribution in [2.45, 2.75) is 23.2 Å². The lowest BCUT2D eigenvalue weighted by Crippen LogP contribution is -2.30. The number of nitrogens with one attached hydrogen (secondary N) is 1. The van der Waals surface area contributed by atoms with Gasteiger partial charge in [-0.15, -0.1) is 11.8 Å². The van der Waals surface area contributed by atoms with Crippen LogP contribution >= 0.6 is 11.8 Å². The zero-order valence-electron chi connectivity index (χ0n) is 11.3. The highest BCUT2D eigenvalue weighted by molar-refractivity contribution is 7.99. The lowest BCUT2D eigenvalue weighted by atomic mass is 10.1. The predicted molar refractivity (Wildman–Crippen MR) is 80.8 cm³/mol. The molecule has 0 aromatic heterocycles. The summed E-state index contributed by atoms with van der Waals surface area (Å²) in [6, 6.07) is 11.8. The number of rotatable bonds is 1. The van der Waals surface area contributed by atoms with Crippen molar-refractivity contribution in [2.75, 3.05) is 5.32 Å². The first-order valence-electron chi connectivity index (χ1n) is 6.56. The van der Waals surface area contributed by atoms with Crippen molar-refractivity contribution in [3.05, 3.63) is 59.4 Å². The average molecular weight is 303 g/mol. The minimum absolute atomic E-state index is 0.366. The smallest absolute Gasteiger partial charge is 0.254 e. The number of carbonyl (C=O) groups excluding carboxylic acids is 1. The maximum atomic E-state index is 13.4. The Bertz CT molecular complexity index is 687. The Kier molecular flexibility index (Phi) is 3.69. The third-order valence-electron chi connectivity index (χ3n) is 3.42. The first kappa shape index (κ1) is 14.1. The molecule has 108 valence electrons. The van der Waals surface area contributed by atoms with Crippen molar-refractivity contribution in [1.82, 2.24) is 0 Å². The number of benzene rings is 2. The topological polar surface area (TPSA) is 49.3 Å². The highest BCUT2D eigenvalue weighted by atomic mass is 32.2. The highest BCUT2D eigenvalue weighted by Gasteiger charge is 2.32. The fraction of sp³-hybridized carbons (Fsp3) is 0.188. The van der Waals surface area contributed by atoms with E-state index in [1.165, 1.54) is 30.0 Å². The van der Waals surface area contributed by atoms with Crippen molar-refractivity contribution in [1.29, 1.82) is 0 Å². The maximum Gasteiger partial charge on any atom is 0.254 e. The molecule has 0 unspecified atom stereocenters. The van der Waals surface area contributed by atoms with Crippen LogP contribution in [0.4, 0.5) is 10.1 Å². The molecule has 2 aromatic carbocycles. The molecule has 0 saturated carbocycles. The Morgan fingerprint density at radius 1 is 1.19 bits per heavy atom. The van der Waals surface area contributed by atoms with E-state index in [1.54, 1.807) is 0 Å². The predicted octanol–water partition coefficient (Wildman–Crippen LogP) is 3.28. The molecule has 2 atom stereocenters. The van der Waals surface area contributed by atoms with Gasteiger partial charge >= 0.3 is 0 Å². The molecule has 2 aromatic rings. The monoisotopic (exact) mass is 303 g/mol. The van der Waals surface area contributed by atoms with Crippen molar-refractivity contribution in [3.63, 3.8) is 0 Å². The Morgan fingerprint density at radius 2 is 1.90 bits per heavy atom. The number of aliphatic hydroxyl groups is 1. The Hall–Kier alpha value is -1.85. The molecule has 0 saturated heterocycles. The summed E-state index contributed by atoms with van der Waals surface area (Å²) >= 11 is 1.29. The van der Waals surface area contributed by atoms with Gasteiger partial charge in [-0.05, 0) is 30.7 Å². The zero-order valence-corrected chi connectivity index (χ0v) is 12.2. The van der Waals surface area contributed by atoms with E-state index in [-0.39, 0.29) is 5.82 Å². The summed E-state index contributed by atoms with van der Waals surface area (Å²) in [7, 11) is 0. The molecule has 3 nitrogen and oxygen atoms in total. The van der Waals surface area contributed by atoms with Gasteiger partial charge in [-0.25, -0.2) is 4.39 Å². The van der Waals surface area contributed by atoms with Gasteiger partial charge in [0.25, 0.3) is 5.91 Å². The van der Waals surface area contributed by atoms with E-state index in [2.05, 4.69) is 5.32 Å². The number of aryl methyl sites for hydroxylation is 1. The van der Waals surface area contributed by atoms with Crippen LogP contribution in [-0.2, 0) is 4.79 Å². The van der Waals surface area contributed by atoms with Gasteiger partial charge in [-0.2, -0.15) is 0 Å². The van der Waals surface area contributed by atoms with Crippen LogP contribution in [-0.4, -0.2) is 17.1 Å². The Labute approximate surface area is 126 Å². The molecule has 2 N–H and O–H groups in total. The number of hydrogen-bond acceptors (Lipinski definition) is 3. The number of halogens is 1. The second kappa shape index (κ2) is 5.50. The first-order valence-corrected chi connectivity index (χ1v) is 7.44. The van der Waals surface area contributed by atoms with Crippen LogP contribution in [0.15, 0.2) is 47.4 Å². The molecular weight excluding hydrogens is 289 g/mol. The third kappa shape index (κ3) is 2.80. The minimum Gasteiger partial charge on any atom is -0.382 e. The fourth-order valence-corrected chi connectivity index (χ4v) is 3.49. The zero-order chi connectivity index (χ0) is 15.0. The molecule has 21 heavy (non-hydrogen) atoms. The number of anilines is 1. The van der Waals surface area contributed by atoms with Crippen molar-refractivity contribution < 1.29 is 14.3 Å². The van der Waals surface area contributed by atoms with Crippen LogP contribution in [0, 0.1) is 12.7 Å². The lowest BCUT2D eigenvalue weighted by molar-refractivity contribution is -0.124. The molecule has 0 radical (unpaired) electrons. The van der Waals surface area contributed by atoms with E-state index in [1.807, 2.05) is 31.2 Å². The normalized spacial score (nSPS) is 21.4. The van der Waals surface area contributed by atoms with Gasteiger partial charge in [-0.3, -0.25) is 4.79 Å². The van der Waals surface area contributed by atoms with Gasteiger partial charge in [0.2, 0.25) is 0 Å². The minimum atomic E-state index is -1.19. The molecule has 5 heteroatoms. The molecule has 1 aliphatic heterocycles. The number of amides is 1. The summed E-state index contributed by atoms with van der Waals surface area (Å²) in [5.41, 5.74) is 2.47. The standard InChI is InChI=1S/C16H14FNO2S/c1-9-2-4-10(5-3-9)15-14(19)16(20)18-12-7-6-11(17)8-13(12)21-15/h2-8,14-15,19H,1H3,(H,18,20)/t14-,15+/m0/s1. The van der Waals surface area contributed by atoms with E-state index in [0.717, 1.165) is 11.1 Å². The van der Waals surface area contributed by atoms with E-state index in [0.29, 0.717) is 10.6 Å². The summed E-state index contributed by atoms with van der Waals surface area (Å²) in [5.74, 6) is -0.840. The summed E-state index contributed by atoms with van der Waals surface area (Å²) in [4.78, 5) is 12.7. The van der Waals surface area contributed by atoms with Crippen LogP contribution in [0.3, 0.4) is 0 Å². The quantitative estimate of drug-likeness (QED) is 0.850. The second-order valence-electron chi connectivity index (χ2n) is 5.02. The summed E-state index contributed by atoms with van der Waals surface area (Å²) in [5, 5.41) is 12.4. The summed E-state index contributed by atoms with van der Waals surface area (Å²) in [6.07, 6.45) is -1.19. The number of aliphatic hydroxyl groups excluding tert-OH is 1. The van der Waals surface area contributed by atoms with E-state index >= 15 is 0 Å². The average Bonchev–Trinajstić information content (AvgIpc) is 2.58. The third-order valence-corrected chi connectivity index (χ3v) is 4.79. The Morgan fingerprint density at radius 3 is 2.62 bits per heavy atom. The maximum absolute atomic E-state index is 13.4. The van der Waals surface area contributed by atoms with Gasteiger partial charge in [0.05, 0.1) is 10.9 Å². The van der Waals surface area contributed by atoms with Crippen LogP contribution in [0.25, 0.3) is 0 Å². The van der Waals surface area contributed by atoms with Crippen LogP contribution < -0.4 is 5.32 Å². The Balaban J connectivity index is 2.03. The SMILES string of the molecule is Cc1ccc([C@H]2Sc3cc(F)ccc3NC(=O)[C@H]2O)cc1. The van der Waals surface area contributed by atoms with Gasteiger partial charge in [0, 0.05) is 4.90 Å². The van der Waals surface area contributed by atoms with Gasteiger partial charge < -0.3 is 10.4 Å². The highest BCUT2D eigenvalue weighted by Crippen LogP contribution is 2.43.